The maximum absolute atomic E-state index is 13.1. The standard InChI is InChI=1S/C9H16F2O3/c1-3-5-6-8(14,4-2)9(10,11)7(12)13/h14H,3-6H2,1-2H3,(H,12,13). The van der Waals surface area contributed by atoms with Crippen LogP contribution in [0.4, 0.5) is 8.78 Å². The number of carboxylic acid groups (broad SMARTS) is 1. The summed E-state index contributed by atoms with van der Waals surface area (Å²) in [6, 6.07) is 0. The first-order valence-electron chi connectivity index (χ1n) is 4.65. The molecule has 0 aromatic heterocycles. The van der Waals surface area contributed by atoms with Gasteiger partial charge < -0.3 is 10.2 Å². The lowest BCUT2D eigenvalue weighted by molar-refractivity contribution is -0.211. The highest BCUT2D eigenvalue weighted by Gasteiger charge is 2.57. The molecule has 0 spiro atoms. The smallest absolute Gasteiger partial charge is 0.377 e. The number of unbranched alkanes of at least 4 members (excludes halogenated alkanes) is 1. The van der Waals surface area contributed by atoms with Gasteiger partial charge in [-0.2, -0.15) is 8.78 Å². The van der Waals surface area contributed by atoms with Gasteiger partial charge in [-0.25, -0.2) is 4.79 Å². The first-order chi connectivity index (χ1) is 6.31. The van der Waals surface area contributed by atoms with Crippen LogP contribution in [-0.2, 0) is 4.79 Å². The van der Waals surface area contributed by atoms with Crippen LogP contribution >= 0.6 is 0 Å². The lowest BCUT2D eigenvalue weighted by atomic mass is 9.87. The highest BCUT2D eigenvalue weighted by atomic mass is 19.3. The van der Waals surface area contributed by atoms with Crippen LogP contribution in [0, 0.1) is 0 Å². The topological polar surface area (TPSA) is 57.5 Å². The van der Waals surface area contributed by atoms with Crippen molar-refractivity contribution < 1.29 is 23.8 Å². The molecule has 5 heteroatoms. The summed E-state index contributed by atoms with van der Waals surface area (Å²) in [4.78, 5) is 10.3. The van der Waals surface area contributed by atoms with Gasteiger partial charge in [-0.15, -0.1) is 0 Å². The quantitative estimate of drug-likeness (QED) is 0.705. The fourth-order valence-electron chi connectivity index (χ4n) is 1.22. The molecule has 0 saturated heterocycles. The summed E-state index contributed by atoms with van der Waals surface area (Å²) in [6.07, 6.45) is 0.552. The summed E-state index contributed by atoms with van der Waals surface area (Å²) in [5, 5.41) is 17.8. The summed E-state index contributed by atoms with van der Waals surface area (Å²) < 4.78 is 26.1. The Morgan fingerprint density at radius 3 is 2.14 bits per heavy atom. The minimum absolute atomic E-state index is 0.195. The van der Waals surface area contributed by atoms with Gasteiger partial charge in [-0.05, 0) is 12.8 Å². The van der Waals surface area contributed by atoms with E-state index >= 15 is 0 Å². The van der Waals surface area contributed by atoms with Crippen LogP contribution in [0.1, 0.15) is 39.5 Å². The van der Waals surface area contributed by atoms with E-state index in [1.165, 1.54) is 6.92 Å². The Kier molecular flexibility index (Phi) is 4.45. The lowest BCUT2D eigenvalue weighted by Gasteiger charge is -2.32. The molecule has 3 nitrogen and oxygen atoms in total. The van der Waals surface area contributed by atoms with Gasteiger partial charge in [0.15, 0.2) is 0 Å². The first kappa shape index (κ1) is 13.3. The third-order valence-corrected chi connectivity index (χ3v) is 2.38. The molecule has 1 unspecified atom stereocenters. The van der Waals surface area contributed by atoms with Gasteiger partial charge in [-0.1, -0.05) is 26.7 Å². The van der Waals surface area contributed by atoms with Crippen molar-refractivity contribution in [1.82, 2.24) is 0 Å². The van der Waals surface area contributed by atoms with Gasteiger partial charge in [-0.3, -0.25) is 0 Å². The van der Waals surface area contributed by atoms with Crippen molar-refractivity contribution in [2.75, 3.05) is 0 Å². The minimum Gasteiger partial charge on any atom is -0.477 e. The number of carboxylic acids is 1. The Morgan fingerprint density at radius 1 is 1.36 bits per heavy atom. The number of carbonyl (C=O) groups is 1. The van der Waals surface area contributed by atoms with Crippen LogP contribution in [-0.4, -0.2) is 27.7 Å². The van der Waals surface area contributed by atoms with Crippen LogP contribution in [0.15, 0.2) is 0 Å². The van der Waals surface area contributed by atoms with Crippen LogP contribution in [0.2, 0.25) is 0 Å². The van der Waals surface area contributed by atoms with Crippen molar-refractivity contribution in [3.8, 4) is 0 Å². The highest BCUT2D eigenvalue weighted by Crippen LogP contribution is 2.35. The van der Waals surface area contributed by atoms with Crippen LogP contribution in [0.25, 0.3) is 0 Å². The van der Waals surface area contributed by atoms with E-state index in [2.05, 4.69) is 0 Å². The molecule has 0 aliphatic carbocycles. The predicted molar refractivity (Wildman–Crippen MR) is 47.3 cm³/mol. The summed E-state index contributed by atoms with van der Waals surface area (Å²) in [6.45, 7) is 3.14. The summed E-state index contributed by atoms with van der Waals surface area (Å²) in [5.41, 5.74) is -2.42. The molecule has 0 saturated carbocycles. The molecule has 0 aliphatic heterocycles. The highest BCUT2D eigenvalue weighted by molar-refractivity contribution is 5.77. The molecule has 0 aliphatic rings. The van der Waals surface area contributed by atoms with Crippen LogP contribution in [0.5, 0.6) is 0 Å². The number of aliphatic hydroxyl groups is 1. The molecule has 0 heterocycles. The van der Waals surface area contributed by atoms with E-state index in [4.69, 9.17) is 5.11 Å². The molecule has 0 amide bonds. The Morgan fingerprint density at radius 2 is 1.86 bits per heavy atom. The zero-order valence-corrected chi connectivity index (χ0v) is 8.39. The van der Waals surface area contributed by atoms with Gasteiger partial charge in [0.2, 0.25) is 0 Å². The zero-order valence-electron chi connectivity index (χ0n) is 8.39. The molecule has 0 rings (SSSR count). The molecule has 0 radical (unpaired) electrons. The Labute approximate surface area is 81.7 Å². The second kappa shape index (κ2) is 4.68. The maximum atomic E-state index is 13.1. The van der Waals surface area contributed by atoms with E-state index in [9.17, 15) is 18.7 Å². The number of alkyl halides is 2. The van der Waals surface area contributed by atoms with Crippen LogP contribution in [0.3, 0.4) is 0 Å². The average molecular weight is 210 g/mol. The zero-order chi connectivity index (χ0) is 11.4. The molecule has 0 fully saturated rings. The molecule has 0 bridgehead atoms. The molecule has 84 valence electrons. The summed E-state index contributed by atoms with van der Waals surface area (Å²) in [5.74, 6) is -6.34. The van der Waals surface area contributed by atoms with E-state index in [0.29, 0.717) is 12.8 Å². The van der Waals surface area contributed by atoms with Gasteiger partial charge in [0.05, 0.1) is 0 Å². The first-order valence-corrected chi connectivity index (χ1v) is 4.65. The molecule has 14 heavy (non-hydrogen) atoms. The molecular weight excluding hydrogens is 194 g/mol. The average Bonchev–Trinajstić information content (AvgIpc) is 2.13. The number of halogens is 2. The summed E-state index contributed by atoms with van der Waals surface area (Å²) in [7, 11) is 0. The van der Waals surface area contributed by atoms with Gasteiger partial charge in [0.1, 0.15) is 5.60 Å². The van der Waals surface area contributed by atoms with Gasteiger partial charge >= 0.3 is 11.9 Å². The normalized spacial score (nSPS) is 16.4. The van der Waals surface area contributed by atoms with E-state index in [0.717, 1.165) is 0 Å². The Hall–Kier alpha value is -0.710. The van der Waals surface area contributed by atoms with E-state index in [-0.39, 0.29) is 12.8 Å². The fraction of sp³-hybridized carbons (Fsp3) is 0.889. The number of rotatable bonds is 6. The third kappa shape index (κ3) is 2.41. The monoisotopic (exact) mass is 210 g/mol. The van der Waals surface area contributed by atoms with Crippen molar-refractivity contribution >= 4 is 5.97 Å². The molecule has 0 aromatic carbocycles. The number of hydrogen-bond donors (Lipinski definition) is 2. The second-order valence-electron chi connectivity index (χ2n) is 3.37. The Bertz CT molecular complexity index is 206. The van der Waals surface area contributed by atoms with Crippen molar-refractivity contribution in [3.63, 3.8) is 0 Å². The van der Waals surface area contributed by atoms with Crippen molar-refractivity contribution in [2.24, 2.45) is 0 Å². The van der Waals surface area contributed by atoms with Crippen molar-refractivity contribution in [3.05, 3.63) is 0 Å². The van der Waals surface area contributed by atoms with Gasteiger partial charge in [0.25, 0.3) is 0 Å². The number of hydrogen-bond acceptors (Lipinski definition) is 2. The van der Waals surface area contributed by atoms with Gasteiger partial charge in [0, 0.05) is 0 Å². The fourth-order valence-corrected chi connectivity index (χ4v) is 1.22. The predicted octanol–water partition coefficient (Wildman–Crippen LogP) is 2.04. The molecule has 0 aromatic rings. The minimum atomic E-state index is -4.07. The molecular formula is C9H16F2O3. The van der Waals surface area contributed by atoms with E-state index in [1.807, 2.05) is 0 Å². The Balaban J connectivity index is 4.73. The SMILES string of the molecule is CCCCC(O)(CC)C(F)(F)C(=O)O. The lowest BCUT2D eigenvalue weighted by Crippen LogP contribution is -2.52. The van der Waals surface area contributed by atoms with Crippen LogP contribution < -0.4 is 0 Å². The van der Waals surface area contributed by atoms with Crippen molar-refractivity contribution in [2.45, 2.75) is 51.1 Å². The summed E-state index contributed by atoms with van der Waals surface area (Å²) >= 11 is 0. The van der Waals surface area contributed by atoms with E-state index in [1.54, 1.807) is 6.92 Å². The molecule has 1 atom stereocenters. The molecule has 2 N–H and O–H groups in total. The second-order valence-corrected chi connectivity index (χ2v) is 3.37. The van der Waals surface area contributed by atoms with Crippen molar-refractivity contribution in [1.29, 1.82) is 0 Å². The third-order valence-electron chi connectivity index (χ3n) is 2.38. The maximum Gasteiger partial charge on any atom is 0.377 e. The number of aliphatic carboxylic acids is 1. The largest absolute Gasteiger partial charge is 0.477 e. The van der Waals surface area contributed by atoms with E-state index < -0.39 is 17.5 Å².